The van der Waals surface area contributed by atoms with Crippen LogP contribution in [0.25, 0.3) is 0 Å². The van der Waals surface area contributed by atoms with Gasteiger partial charge in [0.05, 0.1) is 5.56 Å². The molecule has 1 rings (SSSR count). The average Bonchev–Trinajstić information content (AvgIpc) is 2.34. The zero-order valence-corrected chi connectivity index (χ0v) is 12.7. The highest BCUT2D eigenvalue weighted by molar-refractivity contribution is 9.10. The highest BCUT2D eigenvalue weighted by Gasteiger charge is 2.14. The minimum Gasteiger partial charge on any atom is -0.478 e. The third kappa shape index (κ3) is 4.10. The molecule has 1 unspecified atom stereocenters. The van der Waals surface area contributed by atoms with Gasteiger partial charge in [-0.1, -0.05) is 29.3 Å². The fourth-order valence-electron chi connectivity index (χ4n) is 1.83. The SMILES string of the molecule is CCCCN(C)C(C)c1cc(Br)cc(C(=O)O)c1. The number of rotatable bonds is 6. The lowest BCUT2D eigenvalue weighted by Crippen LogP contribution is -2.23. The van der Waals surface area contributed by atoms with Crippen molar-refractivity contribution in [3.05, 3.63) is 33.8 Å². The minimum atomic E-state index is -0.888. The molecular formula is C14H20BrNO2. The van der Waals surface area contributed by atoms with Crippen LogP contribution in [0.4, 0.5) is 0 Å². The van der Waals surface area contributed by atoms with Crippen LogP contribution in [0.15, 0.2) is 22.7 Å². The van der Waals surface area contributed by atoms with Crippen molar-refractivity contribution in [2.45, 2.75) is 32.7 Å². The molecular weight excluding hydrogens is 294 g/mol. The number of aromatic carboxylic acids is 1. The van der Waals surface area contributed by atoms with Crippen LogP contribution >= 0.6 is 15.9 Å². The molecule has 0 amide bonds. The quantitative estimate of drug-likeness (QED) is 0.864. The molecule has 0 radical (unpaired) electrons. The van der Waals surface area contributed by atoms with E-state index in [9.17, 15) is 4.79 Å². The topological polar surface area (TPSA) is 40.5 Å². The van der Waals surface area contributed by atoms with E-state index in [1.807, 2.05) is 6.07 Å². The molecule has 0 saturated heterocycles. The van der Waals surface area contributed by atoms with E-state index in [-0.39, 0.29) is 6.04 Å². The smallest absolute Gasteiger partial charge is 0.335 e. The second kappa shape index (κ2) is 6.90. The molecule has 0 bridgehead atoms. The molecule has 0 aliphatic carbocycles. The fourth-order valence-corrected chi connectivity index (χ4v) is 2.34. The van der Waals surface area contributed by atoms with E-state index in [2.05, 4.69) is 41.7 Å². The number of nitrogens with zero attached hydrogens (tertiary/aromatic N) is 1. The third-order valence-corrected chi connectivity index (χ3v) is 3.63. The van der Waals surface area contributed by atoms with Crippen LogP contribution in [-0.2, 0) is 0 Å². The van der Waals surface area contributed by atoms with Crippen molar-refractivity contribution >= 4 is 21.9 Å². The maximum atomic E-state index is 11.0. The number of hydrogen-bond acceptors (Lipinski definition) is 2. The number of carboxylic acid groups (broad SMARTS) is 1. The Morgan fingerprint density at radius 1 is 1.44 bits per heavy atom. The maximum Gasteiger partial charge on any atom is 0.335 e. The van der Waals surface area contributed by atoms with Crippen molar-refractivity contribution in [3.8, 4) is 0 Å². The van der Waals surface area contributed by atoms with Crippen molar-refractivity contribution in [1.29, 1.82) is 0 Å². The van der Waals surface area contributed by atoms with Crippen molar-refractivity contribution < 1.29 is 9.90 Å². The van der Waals surface area contributed by atoms with Crippen LogP contribution in [0.2, 0.25) is 0 Å². The first-order valence-electron chi connectivity index (χ1n) is 6.19. The molecule has 4 heteroatoms. The van der Waals surface area contributed by atoms with E-state index in [0.29, 0.717) is 5.56 Å². The number of hydrogen-bond donors (Lipinski definition) is 1. The summed E-state index contributed by atoms with van der Waals surface area (Å²) in [5, 5.41) is 9.06. The molecule has 100 valence electrons. The third-order valence-electron chi connectivity index (χ3n) is 3.18. The first-order chi connectivity index (χ1) is 8.45. The summed E-state index contributed by atoms with van der Waals surface area (Å²) >= 11 is 3.37. The van der Waals surface area contributed by atoms with Gasteiger partial charge in [0.25, 0.3) is 0 Å². The highest BCUT2D eigenvalue weighted by atomic mass is 79.9. The average molecular weight is 314 g/mol. The van der Waals surface area contributed by atoms with Gasteiger partial charge in [-0.2, -0.15) is 0 Å². The summed E-state index contributed by atoms with van der Waals surface area (Å²) in [5.41, 5.74) is 1.36. The zero-order chi connectivity index (χ0) is 13.7. The second-order valence-electron chi connectivity index (χ2n) is 4.59. The Labute approximate surface area is 117 Å². The Kier molecular flexibility index (Phi) is 5.82. The monoisotopic (exact) mass is 313 g/mol. The van der Waals surface area contributed by atoms with Crippen molar-refractivity contribution in [1.82, 2.24) is 4.90 Å². The lowest BCUT2D eigenvalue weighted by molar-refractivity contribution is 0.0696. The summed E-state index contributed by atoms with van der Waals surface area (Å²) in [6.45, 7) is 5.29. The van der Waals surface area contributed by atoms with Crippen LogP contribution in [0.1, 0.15) is 48.7 Å². The molecule has 1 aromatic rings. The van der Waals surface area contributed by atoms with E-state index in [0.717, 1.165) is 29.4 Å². The van der Waals surface area contributed by atoms with Crippen LogP contribution < -0.4 is 0 Å². The first-order valence-corrected chi connectivity index (χ1v) is 6.99. The molecule has 1 atom stereocenters. The van der Waals surface area contributed by atoms with Crippen molar-refractivity contribution in [2.24, 2.45) is 0 Å². The van der Waals surface area contributed by atoms with Gasteiger partial charge in [-0.05, 0) is 50.7 Å². The second-order valence-corrected chi connectivity index (χ2v) is 5.50. The van der Waals surface area contributed by atoms with Gasteiger partial charge in [-0.3, -0.25) is 4.90 Å². The van der Waals surface area contributed by atoms with Gasteiger partial charge in [0.15, 0.2) is 0 Å². The number of benzene rings is 1. The lowest BCUT2D eigenvalue weighted by atomic mass is 10.0. The maximum absolute atomic E-state index is 11.0. The Balaban J connectivity index is 2.91. The molecule has 1 aromatic carbocycles. The molecule has 0 aliphatic rings. The van der Waals surface area contributed by atoms with Crippen molar-refractivity contribution in [2.75, 3.05) is 13.6 Å². The van der Waals surface area contributed by atoms with Crippen LogP contribution in [-0.4, -0.2) is 29.6 Å². The van der Waals surface area contributed by atoms with E-state index >= 15 is 0 Å². The Hall–Kier alpha value is -0.870. The van der Waals surface area contributed by atoms with Gasteiger partial charge in [0.2, 0.25) is 0 Å². The summed E-state index contributed by atoms with van der Waals surface area (Å²) in [6, 6.07) is 5.58. The number of carboxylic acids is 1. The lowest BCUT2D eigenvalue weighted by Gasteiger charge is -2.25. The van der Waals surface area contributed by atoms with Crippen LogP contribution in [0.3, 0.4) is 0 Å². The largest absolute Gasteiger partial charge is 0.478 e. The Morgan fingerprint density at radius 2 is 2.11 bits per heavy atom. The molecule has 1 N–H and O–H groups in total. The van der Waals surface area contributed by atoms with Crippen molar-refractivity contribution in [3.63, 3.8) is 0 Å². The number of unbranched alkanes of at least 4 members (excludes halogenated alkanes) is 1. The van der Waals surface area contributed by atoms with Gasteiger partial charge < -0.3 is 5.11 Å². The van der Waals surface area contributed by atoms with Gasteiger partial charge in [-0.25, -0.2) is 4.79 Å². The summed E-state index contributed by atoms with van der Waals surface area (Å²) in [5.74, 6) is -0.888. The van der Waals surface area contributed by atoms with Crippen LogP contribution in [0, 0.1) is 0 Å². The van der Waals surface area contributed by atoms with Gasteiger partial charge in [0, 0.05) is 10.5 Å². The number of halogens is 1. The predicted molar refractivity (Wildman–Crippen MR) is 77.1 cm³/mol. The summed E-state index contributed by atoms with van der Waals surface area (Å²) < 4.78 is 0.813. The van der Waals surface area contributed by atoms with Crippen LogP contribution in [0.5, 0.6) is 0 Å². The first kappa shape index (κ1) is 15.2. The predicted octanol–water partition coefficient (Wildman–Crippen LogP) is 3.94. The summed E-state index contributed by atoms with van der Waals surface area (Å²) in [6.07, 6.45) is 2.32. The Bertz CT molecular complexity index is 420. The summed E-state index contributed by atoms with van der Waals surface area (Å²) in [7, 11) is 2.07. The standard InChI is InChI=1S/C14H20BrNO2/c1-4-5-6-16(3)10(2)11-7-12(14(17)18)9-13(15)8-11/h7-10H,4-6H2,1-3H3,(H,17,18). The normalized spacial score (nSPS) is 12.7. The van der Waals surface area contributed by atoms with E-state index in [4.69, 9.17) is 5.11 Å². The van der Waals surface area contributed by atoms with Gasteiger partial charge in [-0.15, -0.1) is 0 Å². The fraction of sp³-hybridized carbons (Fsp3) is 0.500. The van der Waals surface area contributed by atoms with E-state index in [1.54, 1.807) is 12.1 Å². The molecule has 0 heterocycles. The molecule has 0 aliphatic heterocycles. The zero-order valence-electron chi connectivity index (χ0n) is 11.1. The number of carbonyl (C=O) groups is 1. The summed E-state index contributed by atoms with van der Waals surface area (Å²) in [4.78, 5) is 13.3. The molecule has 0 spiro atoms. The molecule has 0 saturated carbocycles. The highest BCUT2D eigenvalue weighted by Crippen LogP contribution is 2.24. The minimum absolute atomic E-state index is 0.215. The van der Waals surface area contributed by atoms with E-state index < -0.39 is 5.97 Å². The molecule has 3 nitrogen and oxygen atoms in total. The van der Waals surface area contributed by atoms with Gasteiger partial charge in [0.1, 0.15) is 0 Å². The molecule has 0 aromatic heterocycles. The molecule has 18 heavy (non-hydrogen) atoms. The van der Waals surface area contributed by atoms with Gasteiger partial charge >= 0.3 is 5.97 Å². The molecule has 0 fully saturated rings. The van der Waals surface area contributed by atoms with E-state index in [1.165, 1.54) is 0 Å². The Morgan fingerprint density at radius 3 is 2.67 bits per heavy atom.